The Morgan fingerprint density at radius 2 is 1.79 bits per heavy atom. The first-order chi connectivity index (χ1) is 13.6. The van der Waals surface area contributed by atoms with E-state index in [0.29, 0.717) is 25.3 Å². The Bertz CT molecular complexity index is 974. The van der Waals surface area contributed by atoms with Crippen LogP contribution in [0.4, 0.5) is 17.1 Å². The number of rotatable bonds is 10. The summed E-state index contributed by atoms with van der Waals surface area (Å²) in [7, 11) is -3.96. The average Bonchev–Trinajstić information content (AvgIpc) is 2.63. The number of nitro benzene ring substituents is 1. The van der Waals surface area contributed by atoms with Gasteiger partial charge < -0.3 is 10.1 Å². The summed E-state index contributed by atoms with van der Waals surface area (Å²) in [5.41, 5.74) is 2.19. The maximum atomic E-state index is 12.7. The summed E-state index contributed by atoms with van der Waals surface area (Å²) in [6.45, 7) is 8.58. The number of nitro groups is 1. The summed E-state index contributed by atoms with van der Waals surface area (Å²) in [5.74, 6) is 0. The zero-order chi connectivity index (χ0) is 21.6. The zero-order valence-corrected chi connectivity index (χ0v) is 17.9. The predicted molar refractivity (Wildman–Crippen MR) is 114 cm³/mol. The lowest BCUT2D eigenvalue weighted by molar-refractivity contribution is -0.384. The van der Waals surface area contributed by atoms with Crippen LogP contribution in [0.25, 0.3) is 0 Å². The number of hydrogen-bond donors (Lipinski definition) is 2. The highest BCUT2D eigenvalue weighted by molar-refractivity contribution is 7.92. The van der Waals surface area contributed by atoms with Crippen LogP contribution in [0.5, 0.6) is 0 Å². The van der Waals surface area contributed by atoms with Crippen molar-refractivity contribution in [2.75, 3.05) is 23.2 Å². The standard InChI is InChI=1S/C20H27N3O5S/c1-14(2)28-11-5-10-21-19-9-7-17(13-20(19)23(24)25)29(26,27)22-18-8-6-15(3)12-16(18)4/h6-9,12-14,21-22H,5,10-11H2,1-4H3. The third kappa shape index (κ3) is 6.43. The van der Waals surface area contributed by atoms with Gasteiger partial charge in [-0.05, 0) is 57.9 Å². The number of nitrogens with zero attached hydrogens (tertiary/aromatic N) is 1. The Morgan fingerprint density at radius 1 is 1.10 bits per heavy atom. The number of nitrogens with one attached hydrogen (secondary N) is 2. The Balaban J connectivity index is 2.18. The molecule has 0 atom stereocenters. The van der Waals surface area contributed by atoms with Gasteiger partial charge in [0.25, 0.3) is 15.7 Å². The van der Waals surface area contributed by atoms with E-state index in [2.05, 4.69) is 10.0 Å². The van der Waals surface area contributed by atoms with Crippen LogP contribution >= 0.6 is 0 Å². The second-order valence-electron chi connectivity index (χ2n) is 7.06. The molecule has 0 aliphatic heterocycles. The molecule has 0 fully saturated rings. The zero-order valence-electron chi connectivity index (χ0n) is 17.1. The Kier molecular flexibility index (Phi) is 7.58. The van der Waals surface area contributed by atoms with Gasteiger partial charge in [-0.2, -0.15) is 0 Å². The van der Waals surface area contributed by atoms with Gasteiger partial charge >= 0.3 is 0 Å². The molecule has 2 aromatic carbocycles. The van der Waals surface area contributed by atoms with Gasteiger partial charge in [-0.1, -0.05) is 17.7 Å². The molecule has 8 nitrogen and oxygen atoms in total. The molecule has 158 valence electrons. The minimum atomic E-state index is -3.96. The van der Waals surface area contributed by atoms with Crippen molar-refractivity contribution in [1.29, 1.82) is 0 Å². The lowest BCUT2D eigenvalue weighted by Gasteiger charge is -2.13. The highest BCUT2D eigenvalue weighted by Crippen LogP contribution is 2.29. The van der Waals surface area contributed by atoms with Gasteiger partial charge in [-0.15, -0.1) is 0 Å². The molecule has 0 aliphatic carbocycles. The van der Waals surface area contributed by atoms with Crippen LogP contribution in [0.1, 0.15) is 31.4 Å². The van der Waals surface area contributed by atoms with Crippen LogP contribution in [0, 0.1) is 24.0 Å². The number of benzene rings is 2. The number of anilines is 2. The second-order valence-corrected chi connectivity index (χ2v) is 8.74. The summed E-state index contributed by atoms with van der Waals surface area (Å²) in [5, 5.41) is 14.4. The molecule has 2 N–H and O–H groups in total. The van der Waals surface area contributed by atoms with Crippen LogP contribution in [0.3, 0.4) is 0 Å². The first-order valence-electron chi connectivity index (χ1n) is 9.34. The van der Waals surface area contributed by atoms with E-state index in [9.17, 15) is 18.5 Å². The fourth-order valence-electron chi connectivity index (χ4n) is 2.73. The highest BCUT2D eigenvalue weighted by Gasteiger charge is 2.22. The van der Waals surface area contributed by atoms with Gasteiger partial charge in [0, 0.05) is 19.2 Å². The van der Waals surface area contributed by atoms with E-state index in [0.717, 1.165) is 17.2 Å². The molecule has 0 aromatic heterocycles. The highest BCUT2D eigenvalue weighted by atomic mass is 32.2. The van der Waals surface area contributed by atoms with Crippen molar-refractivity contribution in [3.05, 3.63) is 57.6 Å². The van der Waals surface area contributed by atoms with E-state index in [-0.39, 0.29) is 22.4 Å². The molecule has 0 spiro atoms. The largest absolute Gasteiger partial charge is 0.379 e. The van der Waals surface area contributed by atoms with Gasteiger partial charge in [0.15, 0.2) is 0 Å². The maximum absolute atomic E-state index is 12.7. The second kappa shape index (κ2) is 9.71. The fraction of sp³-hybridized carbons (Fsp3) is 0.400. The Hall–Kier alpha value is -2.65. The molecule has 0 aliphatic rings. The minimum absolute atomic E-state index is 0.124. The predicted octanol–water partition coefficient (Wildman–Crippen LogP) is 4.24. The first-order valence-corrected chi connectivity index (χ1v) is 10.8. The molecule has 0 saturated carbocycles. The molecule has 29 heavy (non-hydrogen) atoms. The molecule has 9 heteroatoms. The maximum Gasteiger partial charge on any atom is 0.293 e. The van der Waals surface area contributed by atoms with Gasteiger partial charge in [0.2, 0.25) is 0 Å². The third-order valence-electron chi connectivity index (χ3n) is 4.19. The van der Waals surface area contributed by atoms with E-state index < -0.39 is 14.9 Å². The third-order valence-corrected chi connectivity index (χ3v) is 5.55. The lowest BCUT2D eigenvalue weighted by atomic mass is 10.1. The van der Waals surface area contributed by atoms with Gasteiger partial charge in [-0.3, -0.25) is 14.8 Å². The molecular weight excluding hydrogens is 394 g/mol. The smallest absolute Gasteiger partial charge is 0.293 e. The quantitative estimate of drug-likeness (QED) is 0.337. The van der Waals surface area contributed by atoms with E-state index in [1.165, 1.54) is 12.1 Å². The van der Waals surface area contributed by atoms with Crippen molar-refractivity contribution in [3.8, 4) is 0 Å². The Labute approximate surface area is 171 Å². The molecule has 2 rings (SSSR count). The average molecular weight is 422 g/mol. The summed E-state index contributed by atoms with van der Waals surface area (Å²) in [6, 6.07) is 9.16. The molecule has 0 amide bonds. The van der Waals surface area contributed by atoms with Crippen molar-refractivity contribution < 1.29 is 18.1 Å². The molecule has 0 saturated heterocycles. The van der Waals surface area contributed by atoms with Crippen LogP contribution < -0.4 is 10.0 Å². The summed E-state index contributed by atoms with van der Waals surface area (Å²) >= 11 is 0. The van der Waals surface area contributed by atoms with Crippen LogP contribution in [0.2, 0.25) is 0 Å². The van der Waals surface area contributed by atoms with Crippen molar-refractivity contribution in [3.63, 3.8) is 0 Å². The van der Waals surface area contributed by atoms with E-state index >= 15 is 0 Å². The monoisotopic (exact) mass is 421 g/mol. The fourth-order valence-corrected chi connectivity index (χ4v) is 3.88. The van der Waals surface area contributed by atoms with Crippen molar-refractivity contribution in [2.24, 2.45) is 0 Å². The van der Waals surface area contributed by atoms with Crippen LogP contribution in [0.15, 0.2) is 41.3 Å². The molecule has 2 aromatic rings. The van der Waals surface area contributed by atoms with Crippen molar-refractivity contribution >= 4 is 27.1 Å². The van der Waals surface area contributed by atoms with Crippen molar-refractivity contribution in [2.45, 2.75) is 45.1 Å². The topological polar surface area (TPSA) is 111 Å². The minimum Gasteiger partial charge on any atom is -0.379 e. The SMILES string of the molecule is Cc1ccc(NS(=O)(=O)c2ccc(NCCCOC(C)C)c([N+](=O)[O-])c2)c(C)c1. The molecule has 0 heterocycles. The van der Waals surface area contributed by atoms with Crippen LogP contribution in [-0.4, -0.2) is 32.6 Å². The number of sulfonamides is 1. The van der Waals surface area contributed by atoms with Crippen LogP contribution in [-0.2, 0) is 14.8 Å². The molecule has 0 bridgehead atoms. The normalized spacial score (nSPS) is 11.5. The molecular formula is C20H27N3O5S. The van der Waals surface area contributed by atoms with Crippen molar-refractivity contribution in [1.82, 2.24) is 0 Å². The molecule has 0 radical (unpaired) electrons. The number of aryl methyl sites for hydroxylation is 2. The van der Waals surface area contributed by atoms with E-state index in [1.807, 2.05) is 26.8 Å². The molecule has 0 unspecified atom stereocenters. The first kappa shape index (κ1) is 22.6. The van der Waals surface area contributed by atoms with Gasteiger partial charge in [0.1, 0.15) is 5.69 Å². The summed E-state index contributed by atoms with van der Waals surface area (Å²) in [6.07, 6.45) is 0.794. The van der Waals surface area contributed by atoms with E-state index in [4.69, 9.17) is 4.74 Å². The Morgan fingerprint density at radius 3 is 2.41 bits per heavy atom. The van der Waals surface area contributed by atoms with E-state index in [1.54, 1.807) is 19.1 Å². The number of ether oxygens (including phenoxy) is 1. The summed E-state index contributed by atoms with van der Waals surface area (Å²) < 4.78 is 33.4. The number of hydrogen-bond acceptors (Lipinski definition) is 6. The summed E-state index contributed by atoms with van der Waals surface area (Å²) in [4.78, 5) is 10.7. The lowest BCUT2D eigenvalue weighted by Crippen LogP contribution is -2.15. The van der Waals surface area contributed by atoms with Gasteiger partial charge in [-0.25, -0.2) is 8.42 Å². The van der Waals surface area contributed by atoms with Gasteiger partial charge in [0.05, 0.1) is 21.6 Å².